The van der Waals surface area contributed by atoms with Crippen molar-refractivity contribution >= 4 is 5.91 Å². The van der Waals surface area contributed by atoms with Gasteiger partial charge in [-0.2, -0.15) is 5.10 Å². The Kier molecular flexibility index (Phi) is 5.47. The Labute approximate surface area is 156 Å². The number of aryl methyl sites for hydroxylation is 2. The zero-order valence-electron chi connectivity index (χ0n) is 16.6. The Morgan fingerprint density at radius 1 is 1.12 bits per heavy atom. The van der Waals surface area contributed by atoms with E-state index in [1.807, 2.05) is 28.6 Å². The van der Waals surface area contributed by atoms with Crippen molar-refractivity contribution in [2.75, 3.05) is 32.7 Å². The lowest BCUT2D eigenvalue weighted by molar-refractivity contribution is 0.0641. The minimum Gasteiger partial charge on any atom is -0.336 e. The molecular formula is C21H30N4O. The van der Waals surface area contributed by atoms with E-state index in [1.54, 1.807) is 0 Å². The molecule has 1 saturated heterocycles. The Bertz CT molecular complexity index is 785. The maximum Gasteiger partial charge on any atom is 0.257 e. The van der Waals surface area contributed by atoms with E-state index in [0.717, 1.165) is 60.9 Å². The Hall–Kier alpha value is -2.14. The van der Waals surface area contributed by atoms with E-state index < -0.39 is 0 Å². The zero-order valence-corrected chi connectivity index (χ0v) is 16.6. The van der Waals surface area contributed by atoms with E-state index in [4.69, 9.17) is 5.10 Å². The predicted octanol–water partition coefficient (Wildman–Crippen LogP) is 3.39. The van der Waals surface area contributed by atoms with Crippen LogP contribution >= 0.6 is 0 Å². The summed E-state index contributed by atoms with van der Waals surface area (Å²) in [4.78, 5) is 17.7. The van der Waals surface area contributed by atoms with Gasteiger partial charge in [-0.25, -0.2) is 4.68 Å². The molecule has 5 nitrogen and oxygen atoms in total. The minimum atomic E-state index is 0.127. The maximum atomic E-state index is 13.3. The number of likely N-dealkylation sites (N-methyl/N-ethyl adjacent to an activating group) is 1. The highest BCUT2D eigenvalue weighted by atomic mass is 16.2. The molecule has 1 aliphatic heterocycles. The average molecular weight is 354 g/mol. The lowest BCUT2D eigenvalue weighted by atomic mass is 10.0. The number of carbonyl (C=O) groups excluding carboxylic acids is 1. The number of piperazine rings is 1. The molecule has 1 aromatic carbocycles. The molecule has 0 N–H and O–H groups in total. The van der Waals surface area contributed by atoms with Crippen LogP contribution in [0.2, 0.25) is 0 Å². The van der Waals surface area contributed by atoms with Crippen molar-refractivity contribution in [3.8, 4) is 5.69 Å². The summed E-state index contributed by atoms with van der Waals surface area (Å²) >= 11 is 0. The van der Waals surface area contributed by atoms with Gasteiger partial charge in [0.1, 0.15) is 0 Å². The molecule has 2 heterocycles. The van der Waals surface area contributed by atoms with Gasteiger partial charge in [0, 0.05) is 26.2 Å². The molecule has 0 spiro atoms. The van der Waals surface area contributed by atoms with Crippen LogP contribution in [0.15, 0.2) is 24.3 Å². The molecular weight excluding hydrogens is 324 g/mol. The highest BCUT2D eigenvalue weighted by Gasteiger charge is 2.29. The van der Waals surface area contributed by atoms with E-state index >= 15 is 0 Å². The van der Waals surface area contributed by atoms with Gasteiger partial charge in [0.25, 0.3) is 5.91 Å². The summed E-state index contributed by atoms with van der Waals surface area (Å²) in [6.07, 6.45) is 0. The predicted molar refractivity (Wildman–Crippen MR) is 105 cm³/mol. The number of nitrogens with zero attached hydrogens (tertiary/aromatic N) is 4. The number of hydrogen-bond acceptors (Lipinski definition) is 3. The second kappa shape index (κ2) is 7.62. The van der Waals surface area contributed by atoms with Crippen LogP contribution in [0.1, 0.15) is 54.0 Å². The SMILES string of the molecule is CCN1CCN(C(=O)c2c(C)nn(-c3ccccc3C)c2C(C)C)CC1. The highest BCUT2D eigenvalue weighted by molar-refractivity contribution is 5.97. The van der Waals surface area contributed by atoms with Crippen LogP contribution < -0.4 is 0 Å². The molecule has 1 fully saturated rings. The van der Waals surface area contributed by atoms with Gasteiger partial charge in [-0.05, 0) is 37.9 Å². The summed E-state index contributed by atoms with van der Waals surface area (Å²) < 4.78 is 1.98. The highest BCUT2D eigenvalue weighted by Crippen LogP contribution is 2.28. The first-order chi connectivity index (χ1) is 12.4. The monoisotopic (exact) mass is 354 g/mol. The molecule has 0 unspecified atom stereocenters. The minimum absolute atomic E-state index is 0.127. The molecule has 5 heteroatoms. The average Bonchev–Trinajstić information content (AvgIpc) is 2.98. The third kappa shape index (κ3) is 3.40. The molecule has 1 amide bonds. The van der Waals surface area contributed by atoms with E-state index in [-0.39, 0.29) is 11.8 Å². The first-order valence-electron chi connectivity index (χ1n) is 9.61. The summed E-state index contributed by atoms with van der Waals surface area (Å²) in [5.74, 6) is 0.341. The third-order valence-electron chi connectivity index (χ3n) is 5.31. The summed E-state index contributed by atoms with van der Waals surface area (Å²) in [6, 6.07) is 8.21. The normalized spacial score (nSPS) is 15.7. The number of hydrogen-bond donors (Lipinski definition) is 0. The summed E-state index contributed by atoms with van der Waals surface area (Å²) in [5, 5.41) is 4.77. The lowest BCUT2D eigenvalue weighted by Gasteiger charge is -2.34. The number of amides is 1. The van der Waals surface area contributed by atoms with Crippen LogP contribution in [0.25, 0.3) is 5.69 Å². The van der Waals surface area contributed by atoms with E-state index in [9.17, 15) is 4.79 Å². The number of aromatic nitrogens is 2. The van der Waals surface area contributed by atoms with Crippen molar-refractivity contribution in [2.24, 2.45) is 0 Å². The summed E-state index contributed by atoms with van der Waals surface area (Å²) in [6.45, 7) is 15.0. The molecule has 26 heavy (non-hydrogen) atoms. The van der Waals surface area contributed by atoms with E-state index in [0.29, 0.717) is 0 Å². The largest absolute Gasteiger partial charge is 0.336 e. The molecule has 3 rings (SSSR count). The van der Waals surface area contributed by atoms with Crippen LogP contribution in [-0.4, -0.2) is 58.2 Å². The van der Waals surface area contributed by atoms with Crippen LogP contribution in [-0.2, 0) is 0 Å². The van der Waals surface area contributed by atoms with Crippen LogP contribution in [0.4, 0.5) is 0 Å². The Balaban J connectivity index is 2.00. The van der Waals surface area contributed by atoms with Gasteiger partial charge in [0.05, 0.1) is 22.6 Å². The number of benzene rings is 1. The van der Waals surface area contributed by atoms with Crippen molar-refractivity contribution < 1.29 is 4.79 Å². The molecule has 0 saturated carbocycles. The molecule has 0 bridgehead atoms. The number of para-hydroxylation sites is 1. The fraction of sp³-hybridized carbons (Fsp3) is 0.524. The van der Waals surface area contributed by atoms with Crippen LogP contribution in [0, 0.1) is 13.8 Å². The fourth-order valence-corrected chi connectivity index (χ4v) is 3.75. The maximum absolute atomic E-state index is 13.3. The fourth-order valence-electron chi connectivity index (χ4n) is 3.75. The molecule has 2 aromatic rings. The number of carbonyl (C=O) groups is 1. The second-order valence-electron chi connectivity index (χ2n) is 7.43. The van der Waals surface area contributed by atoms with Gasteiger partial charge >= 0.3 is 0 Å². The van der Waals surface area contributed by atoms with E-state index in [2.05, 4.69) is 44.7 Å². The Morgan fingerprint density at radius 2 is 1.77 bits per heavy atom. The van der Waals surface area contributed by atoms with Gasteiger partial charge in [-0.3, -0.25) is 4.79 Å². The first-order valence-corrected chi connectivity index (χ1v) is 9.61. The molecule has 0 radical (unpaired) electrons. The van der Waals surface area contributed by atoms with Crippen LogP contribution in [0.3, 0.4) is 0 Å². The van der Waals surface area contributed by atoms with Gasteiger partial charge in [-0.1, -0.05) is 39.0 Å². The zero-order chi connectivity index (χ0) is 18.8. The first kappa shape index (κ1) is 18.6. The standard InChI is InChI=1S/C21H30N4O/c1-6-23-11-13-24(14-12-23)21(26)19-17(5)22-25(20(19)15(2)3)18-10-8-7-9-16(18)4/h7-10,15H,6,11-14H2,1-5H3. The molecule has 1 aromatic heterocycles. The second-order valence-corrected chi connectivity index (χ2v) is 7.43. The Morgan fingerprint density at radius 3 is 2.35 bits per heavy atom. The summed E-state index contributed by atoms with van der Waals surface area (Å²) in [5.41, 5.74) is 4.83. The van der Waals surface area contributed by atoms with Gasteiger partial charge < -0.3 is 9.80 Å². The van der Waals surface area contributed by atoms with Gasteiger partial charge in [0.2, 0.25) is 0 Å². The molecule has 140 valence electrons. The molecule has 1 aliphatic rings. The van der Waals surface area contributed by atoms with Gasteiger partial charge in [0.15, 0.2) is 0 Å². The van der Waals surface area contributed by atoms with Crippen molar-refractivity contribution in [1.82, 2.24) is 19.6 Å². The van der Waals surface area contributed by atoms with Crippen molar-refractivity contribution in [3.05, 3.63) is 46.8 Å². The quantitative estimate of drug-likeness (QED) is 0.845. The smallest absolute Gasteiger partial charge is 0.257 e. The molecule has 0 aliphatic carbocycles. The van der Waals surface area contributed by atoms with Crippen molar-refractivity contribution in [2.45, 2.75) is 40.5 Å². The van der Waals surface area contributed by atoms with E-state index in [1.165, 1.54) is 0 Å². The number of rotatable bonds is 4. The topological polar surface area (TPSA) is 41.4 Å². The van der Waals surface area contributed by atoms with Gasteiger partial charge in [-0.15, -0.1) is 0 Å². The third-order valence-corrected chi connectivity index (χ3v) is 5.31. The summed E-state index contributed by atoms with van der Waals surface area (Å²) in [7, 11) is 0. The van der Waals surface area contributed by atoms with Crippen LogP contribution in [0.5, 0.6) is 0 Å². The molecule has 0 atom stereocenters. The van der Waals surface area contributed by atoms with Crippen molar-refractivity contribution in [3.63, 3.8) is 0 Å². The van der Waals surface area contributed by atoms with Crippen molar-refractivity contribution in [1.29, 1.82) is 0 Å². The lowest BCUT2D eigenvalue weighted by Crippen LogP contribution is -2.48.